The number of hydrogen-bond donors (Lipinski definition) is 1. The lowest BCUT2D eigenvalue weighted by Crippen LogP contribution is -2.54. The molecule has 0 bridgehead atoms. The van der Waals surface area contributed by atoms with Gasteiger partial charge >= 0.3 is 0 Å². The van der Waals surface area contributed by atoms with Gasteiger partial charge in [-0.1, -0.05) is 13.8 Å². The van der Waals surface area contributed by atoms with E-state index < -0.39 is 0 Å². The Bertz CT molecular complexity index is 434. The molecule has 1 aliphatic heterocycles. The zero-order chi connectivity index (χ0) is 13.3. The van der Waals surface area contributed by atoms with Gasteiger partial charge in [0, 0.05) is 31.4 Å². The standard InChI is InChI=1S/C14H20BrFN2/c1-9(2)14-8-17-4-5-18(14)13-7-12(16)11(15)6-10(13)3/h6-7,9,14,17H,4-5,8H2,1-3H3. The fourth-order valence-corrected chi connectivity index (χ4v) is 3.02. The minimum atomic E-state index is -0.184. The zero-order valence-electron chi connectivity index (χ0n) is 11.1. The van der Waals surface area contributed by atoms with E-state index in [-0.39, 0.29) is 5.82 Å². The predicted octanol–water partition coefficient (Wildman–Crippen LogP) is 3.33. The summed E-state index contributed by atoms with van der Waals surface area (Å²) in [6.45, 7) is 9.34. The Morgan fingerprint density at radius 3 is 2.83 bits per heavy atom. The maximum absolute atomic E-state index is 13.8. The van der Waals surface area contributed by atoms with Crippen LogP contribution in [0.1, 0.15) is 19.4 Å². The van der Waals surface area contributed by atoms with Crippen molar-refractivity contribution in [3.05, 3.63) is 28.0 Å². The highest BCUT2D eigenvalue weighted by Crippen LogP contribution is 2.30. The van der Waals surface area contributed by atoms with Crippen LogP contribution < -0.4 is 10.2 Å². The van der Waals surface area contributed by atoms with Crippen LogP contribution in [0.15, 0.2) is 16.6 Å². The fourth-order valence-electron chi connectivity index (χ4n) is 2.57. The molecule has 1 fully saturated rings. The maximum Gasteiger partial charge on any atom is 0.139 e. The summed E-state index contributed by atoms with van der Waals surface area (Å²) in [5.41, 5.74) is 2.15. The lowest BCUT2D eigenvalue weighted by molar-refractivity contribution is 0.389. The topological polar surface area (TPSA) is 15.3 Å². The lowest BCUT2D eigenvalue weighted by atomic mass is 9.99. The molecular formula is C14H20BrFN2. The summed E-state index contributed by atoms with van der Waals surface area (Å²) in [5, 5.41) is 3.42. The van der Waals surface area contributed by atoms with Crippen LogP contribution in [0.25, 0.3) is 0 Å². The summed E-state index contributed by atoms with van der Waals surface area (Å²) < 4.78 is 14.3. The van der Waals surface area contributed by atoms with Crippen LogP contribution in [0.2, 0.25) is 0 Å². The minimum absolute atomic E-state index is 0.184. The molecule has 0 saturated carbocycles. The van der Waals surface area contributed by atoms with E-state index in [0.717, 1.165) is 30.9 Å². The Balaban J connectivity index is 2.36. The van der Waals surface area contributed by atoms with Gasteiger partial charge in [-0.15, -0.1) is 0 Å². The van der Waals surface area contributed by atoms with Gasteiger partial charge in [-0.05, 0) is 46.5 Å². The molecule has 2 rings (SSSR count). The van der Waals surface area contributed by atoms with Crippen LogP contribution in [0.5, 0.6) is 0 Å². The molecule has 1 heterocycles. The first-order valence-corrected chi connectivity index (χ1v) is 7.23. The second-order valence-electron chi connectivity index (χ2n) is 5.26. The molecule has 1 N–H and O–H groups in total. The second kappa shape index (κ2) is 5.57. The van der Waals surface area contributed by atoms with E-state index in [4.69, 9.17) is 0 Å². The van der Waals surface area contributed by atoms with Crippen molar-refractivity contribution >= 4 is 21.6 Å². The number of aryl methyl sites for hydroxylation is 1. The van der Waals surface area contributed by atoms with Crippen LogP contribution in [0.4, 0.5) is 10.1 Å². The van der Waals surface area contributed by atoms with Gasteiger partial charge in [-0.2, -0.15) is 0 Å². The van der Waals surface area contributed by atoms with Crippen molar-refractivity contribution < 1.29 is 4.39 Å². The largest absolute Gasteiger partial charge is 0.365 e. The monoisotopic (exact) mass is 314 g/mol. The highest BCUT2D eigenvalue weighted by Gasteiger charge is 2.26. The van der Waals surface area contributed by atoms with Crippen LogP contribution in [-0.2, 0) is 0 Å². The quantitative estimate of drug-likeness (QED) is 0.900. The second-order valence-corrected chi connectivity index (χ2v) is 6.12. The number of nitrogens with zero attached hydrogens (tertiary/aromatic N) is 1. The third-order valence-electron chi connectivity index (χ3n) is 3.60. The van der Waals surface area contributed by atoms with E-state index in [1.165, 1.54) is 0 Å². The van der Waals surface area contributed by atoms with Gasteiger partial charge in [0.2, 0.25) is 0 Å². The van der Waals surface area contributed by atoms with Crippen molar-refractivity contribution in [3.8, 4) is 0 Å². The number of halogens is 2. The smallest absolute Gasteiger partial charge is 0.139 e. The molecule has 0 aromatic heterocycles. The van der Waals surface area contributed by atoms with Crippen molar-refractivity contribution in [2.75, 3.05) is 24.5 Å². The van der Waals surface area contributed by atoms with Crippen LogP contribution in [0, 0.1) is 18.7 Å². The average molecular weight is 315 g/mol. The molecular weight excluding hydrogens is 295 g/mol. The molecule has 4 heteroatoms. The zero-order valence-corrected chi connectivity index (χ0v) is 12.7. The molecule has 0 radical (unpaired) electrons. The molecule has 0 aliphatic carbocycles. The maximum atomic E-state index is 13.8. The van der Waals surface area contributed by atoms with Crippen LogP contribution in [-0.4, -0.2) is 25.7 Å². The highest BCUT2D eigenvalue weighted by atomic mass is 79.9. The normalized spacial score (nSPS) is 20.6. The Hall–Kier alpha value is -0.610. The van der Waals surface area contributed by atoms with Crippen molar-refractivity contribution in [3.63, 3.8) is 0 Å². The third-order valence-corrected chi connectivity index (χ3v) is 4.21. The van der Waals surface area contributed by atoms with Gasteiger partial charge in [0.25, 0.3) is 0 Å². The SMILES string of the molecule is Cc1cc(Br)c(F)cc1N1CCNCC1C(C)C. The van der Waals surface area contributed by atoms with E-state index in [2.05, 4.69) is 40.0 Å². The molecule has 1 aromatic carbocycles. The van der Waals surface area contributed by atoms with Gasteiger partial charge in [0.15, 0.2) is 0 Å². The number of anilines is 1. The van der Waals surface area contributed by atoms with Gasteiger partial charge in [0.05, 0.1) is 4.47 Å². The van der Waals surface area contributed by atoms with Gasteiger partial charge < -0.3 is 10.2 Å². The number of hydrogen-bond acceptors (Lipinski definition) is 2. The van der Waals surface area contributed by atoms with Gasteiger partial charge in [-0.25, -0.2) is 4.39 Å². The van der Waals surface area contributed by atoms with Crippen molar-refractivity contribution in [2.45, 2.75) is 26.8 Å². The summed E-state index contributed by atoms with van der Waals surface area (Å²) >= 11 is 3.24. The molecule has 1 unspecified atom stereocenters. The Labute approximate surface area is 117 Å². The summed E-state index contributed by atoms with van der Waals surface area (Å²) in [6.07, 6.45) is 0. The van der Waals surface area contributed by atoms with E-state index in [1.807, 2.05) is 13.0 Å². The summed E-state index contributed by atoms with van der Waals surface area (Å²) in [7, 11) is 0. The Morgan fingerprint density at radius 1 is 1.44 bits per heavy atom. The molecule has 18 heavy (non-hydrogen) atoms. The van der Waals surface area contributed by atoms with Gasteiger partial charge in [0.1, 0.15) is 5.82 Å². The molecule has 1 atom stereocenters. The molecule has 100 valence electrons. The fraction of sp³-hybridized carbons (Fsp3) is 0.571. The van der Waals surface area contributed by atoms with Gasteiger partial charge in [-0.3, -0.25) is 0 Å². The van der Waals surface area contributed by atoms with Crippen molar-refractivity contribution in [1.29, 1.82) is 0 Å². The Morgan fingerprint density at radius 2 is 2.17 bits per heavy atom. The lowest BCUT2D eigenvalue weighted by Gasteiger charge is -2.41. The Kier molecular flexibility index (Phi) is 4.28. The first-order valence-electron chi connectivity index (χ1n) is 6.43. The predicted molar refractivity (Wildman–Crippen MR) is 77.7 cm³/mol. The first-order chi connectivity index (χ1) is 8.50. The first kappa shape index (κ1) is 13.8. The molecule has 2 nitrogen and oxygen atoms in total. The summed E-state index contributed by atoms with van der Waals surface area (Å²) in [6, 6.07) is 3.95. The molecule has 1 aromatic rings. The molecule has 0 spiro atoms. The van der Waals surface area contributed by atoms with Crippen LogP contribution in [0.3, 0.4) is 0 Å². The minimum Gasteiger partial charge on any atom is -0.365 e. The van der Waals surface area contributed by atoms with Crippen molar-refractivity contribution in [2.24, 2.45) is 5.92 Å². The number of nitrogens with one attached hydrogen (secondary N) is 1. The average Bonchev–Trinajstić information content (AvgIpc) is 2.34. The van der Waals surface area contributed by atoms with E-state index in [9.17, 15) is 4.39 Å². The summed E-state index contributed by atoms with van der Waals surface area (Å²) in [5.74, 6) is 0.362. The molecule has 1 saturated heterocycles. The van der Waals surface area contributed by atoms with E-state index >= 15 is 0 Å². The van der Waals surface area contributed by atoms with Crippen LogP contribution >= 0.6 is 15.9 Å². The number of benzene rings is 1. The molecule has 1 aliphatic rings. The van der Waals surface area contributed by atoms with Crippen molar-refractivity contribution in [1.82, 2.24) is 5.32 Å². The van der Waals surface area contributed by atoms with E-state index in [1.54, 1.807) is 6.07 Å². The number of rotatable bonds is 2. The van der Waals surface area contributed by atoms with E-state index in [0.29, 0.717) is 16.4 Å². The molecule has 0 amide bonds. The summed E-state index contributed by atoms with van der Waals surface area (Å²) in [4.78, 5) is 2.34. The number of piperazine rings is 1. The third kappa shape index (κ3) is 2.69. The highest BCUT2D eigenvalue weighted by molar-refractivity contribution is 9.10.